The van der Waals surface area contributed by atoms with E-state index in [0.29, 0.717) is 36.5 Å². The topological polar surface area (TPSA) is 76.2 Å². The van der Waals surface area contributed by atoms with Crippen molar-refractivity contribution in [1.29, 1.82) is 0 Å². The normalized spacial score (nSPS) is 13.4. The third-order valence-electron chi connectivity index (χ3n) is 4.38. The van der Waals surface area contributed by atoms with E-state index in [9.17, 15) is 9.18 Å². The molecule has 0 saturated heterocycles. The summed E-state index contributed by atoms with van der Waals surface area (Å²) in [5.41, 5.74) is 7.67. The molecule has 0 fully saturated rings. The summed E-state index contributed by atoms with van der Waals surface area (Å²) in [6.45, 7) is 8.75. The van der Waals surface area contributed by atoms with E-state index in [-0.39, 0.29) is 5.02 Å². The molecule has 3 N–H and O–H groups in total. The third kappa shape index (κ3) is 3.39. The number of hydrogen-bond donors (Lipinski definition) is 2. The molecule has 1 aliphatic rings. The van der Waals surface area contributed by atoms with E-state index in [0.717, 1.165) is 24.5 Å². The molecule has 0 radical (unpaired) electrons. The van der Waals surface area contributed by atoms with Crippen molar-refractivity contribution in [3.63, 3.8) is 0 Å². The lowest BCUT2D eigenvalue weighted by Gasteiger charge is -2.31. The minimum atomic E-state index is -0.573. The summed E-state index contributed by atoms with van der Waals surface area (Å²) in [4.78, 5) is 14.2. The van der Waals surface area contributed by atoms with Gasteiger partial charge in [-0.3, -0.25) is 9.48 Å². The van der Waals surface area contributed by atoms with E-state index < -0.39 is 11.7 Å². The third-order valence-corrected chi connectivity index (χ3v) is 4.67. The maximum absolute atomic E-state index is 13.5. The molecule has 0 saturated carbocycles. The van der Waals surface area contributed by atoms with Gasteiger partial charge in [-0.25, -0.2) is 4.39 Å². The Morgan fingerprint density at radius 2 is 2.23 bits per heavy atom. The molecule has 8 heteroatoms. The first kappa shape index (κ1) is 18.3. The van der Waals surface area contributed by atoms with Crippen LogP contribution in [0, 0.1) is 5.82 Å². The quantitative estimate of drug-likeness (QED) is 0.811. The Labute approximate surface area is 156 Å². The van der Waals surface area contributed by atoms with E-state index in [1.165, 1.54) is 12.1 Å². The fourth-order valence-electron chi connectivity index (χ4n) is 3.03. The van der Waals surface area contributed by atoms with Gasteiger partial charge in [0.05, 0.1) is 35.2 Å². The molecule has 2 heterocycles. The number of aromatic nitrogens is 2. The Hall–Kier alpha value is -2.54. The number of amides is 1. The zero-order valence-corrected chi connectivity index (χ0v) is 15.3. The first-order chi connectivity index (χ1) is 12.4. The molecule has 2 aromatic rings. The molecule has 6 nitrogen and oxygen atoms in total. The Balaban J connectivity index is 1.98. The second-order valence-corrected chi connectivity index (χ2v) is 6.59. The maximum Gasteiger partial charge on any atom is 0.252 e. The van der Waals surface area contributed by atoms with Crippen LogP contribution >= 0.6 is 11.6 Å². The number of halogens is 2. The number of nitrogens with zero attached hydrogens (tertiary/aromatic N) is 3. The number of carbonyl (C=O) groups is 1. The number of rotatable bonds is 6. The highest BCUT2D eigenvalue weighted by Gasteiger charge is 2.28. The van der Waals surface area contributed by atoms with Gasteiger partial charge < -0.3 is 16.0 Å². The molecule has 1 aromatic heterocycles. The molecule has 26 heavy (non-hydrogen) atoms. The molecular formula is C18H21ClFN5O. The van der Waals surface area contributed by atoms with Crippen molar-refractivity contribution in [2.75, 3.05) is 13.1 Å². The number of benzene rings is 1. The molecule has 0 atom stereocenters. The predicted octanol–water partition coefficient (Wildman–Crippen LogP) is 2.73. The summed E-state index contributed by atoms with van der Waals surface area (Å²) < 4.78 is 15.2. The van der Waals surface area contributed by atoms with Crippen LogP contribution in [0.1, 0.15) is 29.4 Å². The van der Waals surface area contributed by atoms with Crippen LogP contribution in [0.15, 0.2) is 30.6 Å². The number of fused-ring (bicyclic) bond motifs is 1. The first-order valence-electron chi connectivity index (χ1n) is 8.45. The van der Waals surface area contributed by atoms with Crippen LogP contribution < -0.4 is 11.1 Å². The highest BCUT2D eigenvalue weighted by Crippen LogP contribution is 2.31. The van der Waals surface area contributed by atoms with Crippen molar-refractivity contribution in [2.45, 2.75) is 26.4 Å². The van der Waals surface area contributed by atoms with E-state index in [4.69, 9.17) is 17.3 Å². The van der Waals surface area contributed by atoms with Gasteiger partial charge in [0.1, 0.15) is 11.5 Å². The zero-order valence-electron chi connectivity index (χ0n) is 14.6. The summed E-state index contributed by atoms with van der Waals surface area (Å²) >= 11 is 5.88. The number of nitrogens with two attached hydrogens (primary N) is 1. The average molecular weight is 378 g/mol. The van der Waals surface area contributed by atoms with Crippen molar-refractivity contribution in [2.24, 2.45) is 5.73 Å². The lowest BCUT2D eigenvalue weighted by atomic mass is 10.0. The monoisotopic (exact) mass is 377 g/mol. The van der Waals surface area contributed by atoms with Crippen molar-refractivity contribution >= 4 is 17.5 Å². The number of carbonyl (C=O) groups excluding carboxylic acids is 1. The predicted molar refractivity (Wildman–Crippen MR) is 99.0 cm³/mol. The van der Waals surface area contributed by atoms with Crippen LogP contribution in [0.25, 0.3) is 11.3 Å². The molecule has 0 aliphatic carbocycles. The second kappa shape index (κ2) is 7.37. The number of nitrogens with one attached hydrogen (secondary N) is 1. The summed E-state index contributed by atoms with van der Waals surface area (Å²) in [7, 11) is 0. The van der Waals surface area contributed by atoms with Crippen molar-refractivity contribution < 1.29 is 9.18 Å². The van der Waals surface area contributed by atoms with Gasteiger partial charge in [0, 0.05) is 18.7 Å². The average Bonchev–Trinajstić information content (AvgIpc) is 3.00. The van der Waals surface area contributed by atoms with Crippen molar-refractivity contribution in [3.8, 4) is 11.3 Å². The van der Waals surface area contributed by atoms with Gasteiger partial charge in [-0.15, -0.1) is 0 Å². The second-order valence-electron chi connectivity index (χ2n) is 6.18. The van der Waals surface area contributed by atoms with Crippen LogP contribution in [0.2, 0.25) is 5.02 Å². The Kier molecular flexibility index (Phi) is 5.18. The standard InChI is InChI=1S/C18H21ClFN5O/c1-3-6-22-11(2)24-7-8-25-15(10-24)16(18(21)26)17(23-25)12-4-5-14(20)13(19)9-12/h4-5,9,22H,2-3,6-8,10H2,1H3,(H2,21,26). The SMILES string of the molecule is C=C(NCCC)N1CCn2nc(-c3ccc(F)c(Cl)c3)c(C(N)=O)c2C1. The largest absolute Gasteiger partial charge is 0.372 e. The molecule has 0 spiro atoms. The van der Waals surface area contributed by atoms with Gasteiger partial charge in [0.25, 0.3) is 5.91 Å². The number of primary amides is 1. The van der Waals surface area contributed by atoms with Gasteiger partial charge in [0.2, 0.25) is 0 Å². The highest BCUT2D eigenvalue weighted by atomic mass is 35.5. The summed E-state index contributed by atoms with van der Waals surface area (Å²) in [6, 6.07) is 4.25. The Bertz CT molecular complexity index is 864. The minimum Gasteiger partial charge on any atom is -0.372 e. The summed E-state index contributed by atoms with van der Waals surface area (Å²) in [5.74, 6) is -0.290. The lowest BCUT2D eigenvalue weighted by molar-refractivity contribution is 0.0998. The molecule has 1 aliphatic heterocycles. The van der Waals surface area contributed by atoms with Crippen molar-refractivity contribution in [3.05, 3.63) is 52.7 Å². The van der Waals surface area contributed by atoms with Gasteiger partial charge >= 0.3 is 0 Å². The van der Waals surface area contributed by atoms with Crippen molar-refractivity contribution in [1.82, 2.24) is 20.0 Å². The fourth-order valence-corrected chi connectivity index (χ4v) is 3.21. The molecule has 3 rings (SSSR count). The molecule has 138 valence electrons. The molecule has 1 aromatic carbocycles. The smallest absolute Gasteiger partial charge is 0.252 e. The van der Waals surface area contributed by atoms with Gasteiger partial charge in [-0.1, -0.05) is 25.1 Å². The highest BCUT2D eigenvalue weighted by molar-refractivity contribution is 6.31. The van der Waals surface area contributed by atoms with Crippen LogP contribution in [0.5, 0.6) is 0 Å². The van der Waals surface area contributed by atoms with E-state index in [2.05, 4.69) is 28.8 Å². The summed E-state index contributed by atoms with van der Waals surface area (Å²) in [6.07, 6.45) is 0.993. The summed E-state index contributed by atoms with van der Waals surface area (Å²) in [5, 5.41) is 7.76. The van der Waals surface area contributed by atoms with E-state index in [1.807, 2.05) is 0 Å². The first-order valence-corrected chi connectivity index (χ1v) is 8.82. The van der Waals surface area contributed by atoms with Crippen LogP contribution in [0.4, 0.5) is 4.39 Å². The maximum atomic E-state index is 13.5. The van der Waals surface area contributed by atoms with Gasteiger partial charge in [-0.05, 0) is 24.6 Å². The van der Waals surface area contributed by atoms with Crippen LogP contribution in [-0.4, -0.2) is 33.7 Å². The van der Waals surface area contributed by atoms with E-state index in [1.54, 1.807) is 10.7 Å². The van der Waals surface area contributed by atoms with Crippen LogP contribution in [-0.2, 0) is 13.1 Å². The lowest BCUT2D eigenvalue weighted by Crippen LogP contribution is -2.38. The van der Waals surface area contributed by atoms with Gasteiger partial charge in [-0.2, -0.15) is 5.10 Å². The minimum absolute atomic E-state index is 0.0253. The molecule has 0 bridgehead atoms. The zero-order chi connectivity index (χ0) is 18.8. The Morgan fingerprint density at radius 3 is 2.88 bits per heavy atom. The van der Waals surface area contributed by atoms with E-state index >= 15 is 0 Å². The van der Waals surface area contributed by atoms with Crippen LogP contribution in [0.3, 0.4) is 0 Å². The molecule has 1 amide bonds. The number of hydrogen-bond acceptors (Lipinski definition) is 4. The fraction of sp³-hybridized carbons (Fsp3) is 0.333. The molecular weight excluding hydrogens is 357 g/mol. The van der Waals surface area contributed by atoms with Gasteiger partial charge in [0.15, 0.2) is 0 Å². The Morgan fingerprint density at radius 1 is 1.46 bits per heavy atom. The molecule has 0 unspecified atom stereocenters.